The van der Waals surface area contributed by atoms with Crippen LogP contribution in [-0.4, -0.2) is 59.5 Å². The van der Waals surface area contributed by atoms with E-state index in [1.165, 1.54) is 12.3 Å². The quantitative estimate of drug-likeness (QED) is 0.836. The zero-order valence-electron chi connectivity index (χ0n) is 12.7. The van der Waals surface area contributed by atoms with Crippen LogP contribution in [0.1, 0.15) is 0 Å². The minimum Gasteiger partial charge on any atom is -0.379 e. The first-order valence-corrected chi connectivity index (χ1v) is 7.56. The van der Waals surface area contributed by atoms with Gasteiger partial charge in [-0.2, -0.15) is 10.1 Å². The largest absolute Gasteiger partial charge is 0.379 e. The molecule has 0 atom stereocenters. The molecule has 2 aromatic rings. The van der Waals surface area contributed by atoms with E-state index in [1.54, 1.807) is 18.2 Å². The average molecular weight is 318 g/mol. The average Bonchev–Trinajstić information content (AvgIpc) is 2.58. The van der Waals surface area contributed by atoms with E-state index in [9.17, 15) is 4.39 Å². The molecule has 1 saturated heterocycles. The van der Waals surface area contributed by atoms with Gasteiger partial charge in [-0.1, -0.05) is 12.1 Å². The van der Waals surface area contributed by atoms with E-state index in [0.29, 0.717) is 24.0 Å². The van der Waals surface area contributed by atoms with Crippen molar-refractivity contribution in [2.45, 2.75) is 0 Å². The first-order chi connectivity index (χ1) is 11.3. The van der Waals surface area contributed by atoms with Crippen molar-refractivity contribution in [3.8, 4) is 0 Å². The third-order valence-corrected chi connectivity index (χ3v) is 3.51. The van der Waals surface area contributed by atoms with Gasteiger partial charge in [-0.05, 0) is 12.1 Å². The lowest BCUT2D eigenvalue weighted by Crippen LogP contribution is -2.39. The van der Waals surface area contributed by atoms with Crippen LogP contribution in [0.2, 0.25) is 0 Å². The summed E-state index contributed by atoms with van der Waals surface area (Å²) in [5, 5.41) is 13.8. The Bertz CT molecular complexity index is 635. The molecule has 0 spiro atoms. The predicted octanol–water partition coefficient (Wildman–Crippen LogP) is 1.50. The van der Waals surface area contributed by atoms with Crippen molar-refractivity contribution in [2.24, 2.45) is 0 Å². The normalized spacial score (nSPS) is 15.3. The zero-order valence-corrected chi connectivity index (χ0v) is 12.7. The van der Waals surface area contributed by atoms with Crippen LogP contribution in [0.15, 0.2) is 30.5 Å². The van der Waals surface area contributed by atoms with Gasteiger partial charge in [-0.25, -0.2) is 4.39 Å². The zero-order chi connectivity index (χ0) is 15.9. The highest BCUT2D eigenvalue weighted by atomic mass is 19.1. The number of ether oxygens (including phenoxy) is 1. The third kappa shape index (κ3) is 4.57. The van der Waals surface area contributed by atoms with Gasteiger partial charge in [-0.15, -0.1) is 5.10 Å². The van der Waals surface area contributed by atoms with Crippen molar-refractivity contribution < 1.29 is 9.13 Å². The lowest BCUT2D eigenvalue weighted by atomic mass is 10.3. The number of hydrogen-bond donors (Lipinski definition) is 2. The summed E-state index contributed by atoms with van der Waals surface area (Å²) in [5.41, 5.74) is 0.354. The van der Waals surface area contributed by atoms with Gasteiger partial charge < -0.3 is 15.4 Å². The van der Waals surface area contributed by atoms with Gasteiger partial charge in [0.15, 0.2) is 5.82 Å². The van der Waals surface area contributed by atoms with Crippen molar-refractivity contribution in [3.05, 3.63) is 36.3 Å². The minimum absolute atomic E-state index is 0.340. The number of aromatic nitrogens is 3. The summed E-state index contributed by atoms with van der Waals surface area (Å²) in [6.45, 7) is 5.04. The molecule has 1 aliphatic heterocycles. The highest BCUT2D eigenvalue weighted by Gasteiger charge is 2.10. The molecule has 1 aliphatic rings. The second-order valence-corrected chi connectivity index (χ2v) is 5.15. The molecule has 0 bridgehead atoms. The second-order valence-electron chi connectivity index (χ2n) is 5.15. The van der Waals surface area contributed by atoms with Gasteiger partial charge in [0.1, 0.15) is 5.82 Å². The number of para-hydroxylation sites is 1. The van der Waals surface area contributed by atoms with E-state index in [2.05, 4.69) is 30.7 Å². The molecular weight excluding hydrogens is 299 g/mol. The topological polar surface area (TPSA) is 75.2 Å². The van der Waals surface area contributed by atoms with E-state index in [-0.39, 0.29) is 5.82 Å². The van der Waals surface area contributed by atoms with Crippen LogP contribution in [0.4, 0.5) is 21.8 Å². The van der Waals surface area contributed by atoms with E-state index >= 15 is 0 Å². The van der Waals surface area contributed by atoms with Crippen LogP contribution in [0.5, 0.6) is 0 Å². The highest BCUT2D eigenvalue weighted by Crippen LogP contribution is 2.17. The maximum atomic E-state index is 13.6. The summed E-state index contributed by atoms with van der Waals surface area (Å²) in [6.07, 6.45) is 1.46. The van der Waals surface area contributed by atoms with Crippen LogP contribution in [0.25, 0.3) is 0 Å². The molecule has 0 saturated carbocycles. The Morgan fingerprint density at radius 2 is 2.04 bits per heavy atom. The van der Waals surface area contributed by atoms with E-state index in [1.807, 2.05) is 0 Å². The summed E-state index contributed by atoms with van der Waals surface area (Å²) in [5.74, 6) is 0.520. The fourth-order valence-corrected chi connectivity index (χ4v) is 2.29. The number of rotatable bonds is 6. The van der Waals surface area contributed by atoms with Crippen LogP contribution in [-0.2, 0) is 4.74 Å². The van der Waals surface area contributed by atoms with Gasteiger partial charge in [-0.3, -0.25) is 4.90 Å². The molecule has 1 aromatic heterocycles. The smallest absolute Gasteiger partial charge is 0.244 e. The Morgan fingerprint density at radius 3 is 2.87 bits per heavy atom. The molecule has 0 radical (unpaired) electrons. The van der Waals surface area contributed by atoms with Crippen LogP contribution in [0, 0.1) is 5.82 Å². The lowest BCUT2D eigenvalue weighted by Gasteiger charge is -2.26. The van der Waals surface area contributed by atoms with E-state index in [4.69, 9.17) is 4.74 Å². The van der Waals surface area contributed by atoms with Crippen molar-refractivity contribution >= 4 is 17.5 Å². The Kier molecular flexibility index (Phi) is 5.28. The molecular formula is C15H19FN6O. The summed E-state index contributed by atoms with van der Waals surface area (Å²) in [7, 11) is 0. The molecule has 0 unspecified atom stereocenters. The van der Waals surface area contributed by atoms with Gasteiger partial charge in [0.25, 0.3) is 0 Å². The third-order valence-electron chi connectivity index (χ3n) is 3.51. The standard InChI is InChI=1S/C15H19FN6O/c16-12-3-1-2-4-13(12)19-14-11-18-21-15(20-14)17-5-6-22-7-9-23-10-8-22/h1-4,11H,5-10H2,(H2,17,19,20,21). The van der Waals surface area contributed by atoms with Crippen molar-refractivity contribution in [3.63, 3.8) is 0 Å². The molecule has 2 N–H and O–H groups in total. The number of hydrogen-bond acceptors (Lipinski definition) is 7. The molecule has 1 fully saturated rings. The van der Waals surface area contributed by atoms with Crippen molar-refractivity contribution in [2.75, 3.05) is 50.0 Å². The maximum Gasteiger partial charge on any atom is 0.244 e. The summed E-state index contributed by atoms with van der Waals surface area (Å²) < 4.78 is 18.9. The van der Waals surface area contributed by atoms with Crippen molar-refractivity contribution in [1.29, 1.82) is 0 Å². The van der Waals surface area contributed by atoms with E-state index in [0.717, 1.165) is 32.8 Å². The number of nitrogens with zero attached hydrogens (tertiary/aromatic N) is 4. The van der Waals surface area contributed by atoms with Crippen LogP contribution >= 0.6 is 0 Å². The molecule has 2 heterocycles. The summed E-state index contributed by atoms with van der Waals surface area (Å²) in [4.78, 5) is 6.60. The fourth-order valence-electron chi connectivity index (χ4n) is 2.29. The van der Waals surface area contributed by atoms with Gasteiger partial charge in [0.2, 0.25) is 5.95 Å². The summed E-state index contributed by atoms with van der Waals surface area (Å²) >= 11 is 0. The molecule has 3 rings (SSSR count). The Balaban J connectivity index is 1.53. The van der Waals surface area contributed by atoms with Gasteiger partial charge >= 0.3 is 0 Å². The molecule has 122 valence electrons. The molecule has 23 heavy (non-hydrogen) atoms. The monoisotopic (exact) mass is 318 g/mol. The SMILES string of the molecule is Fc1ccccc1Nc1cnnc(NCCN2CCOCC2)n1. The second kappa shape index (κ2) is 7.80. The van der Waals surface area contributed by atoms with Crippen molar-refractivity contribution in [1.82, 2.24) is 20.1 Å². The van der Waals surface area contributed by atoms with Gasteiger partial charge in [0, 0.05) is 26.2 Å². The van der Waals surface area contributed by atoms with Crippen LogP contribution in [0.3, 0.4) is 0 Å². The molecule has 1 aromatic carbocycles. The number of halogens is 1. The highest BCUT2D eigenvalue weighted by molar-refractivity contribution is 5.56. The first-order valence-electron chi connectivity index (χ1n) is 7.56. The Morgan fingerprint density at radius 1 is 1.22 bits per heavy atom. The van der Waals surface area contributed by atoms with Crippen LogP contribution < -0.4 is 10.6 Å². The number of nitrogens with one attached hydrogen (secondary N) is 2. The number of benzene rings is 1. The lowest BCUT2D eigenvalue weighted by molar-refractivity contribution is 0.0398. The van der Waals surface area contributed by atoms with Gasteiger partial charge in [0.05, 0.1) is 25.1 Å². The number of morpholine rings is 1. The Hall–Kier alpha value is -2.32. The number of anilines is 3. The molecule has 8 heteroatoms. The maximum absolute atomic E-state index is 13.6. The minimum atomic E-state index is -0.340. The molecule has 0 amide bonds. The van der Waals surface area contributed by atoms with E-state index < -0.39 is 0 Å². The first kappa shape index (κ1) is 15.6. The Labute approximate surface area is 133 Å². The summed E-state index contributed by atoms with van der Waals surface area (Å²) in [6, 6.07) is 6.42. The fraction of sp³-hybridized carbons (Fsp3) is 0.400. The molecule has 0 aliphatic carbocycles. The predicted molar refractivity (Wildman–Crippen MR) is 85.3 cm³/mol. The molecule has 7 nitrogen and oxygen atoms in total.